The smallest absolute Gasteiger partial charge is 0.328 e. The molecule has 0 saturated heterocycles. The van der Waals surface area contributed by atoms with E-state index in [4.69, 9.17) is 9.66 Å². The van der Waals surface area contributed by atoms with Crippen LogP contribution in [0.25, 0.3) is 0 Å². The van der Waals surface area contributed by atoms with E-state index in [0.29, 0.717) is 0 Å². The van der Waals surface area contributed by atoms with E-state index in [1.165, 1.54) is 0 Å². The third kappa shape index (κ3) is 7.28. The minimum absolute atomic E-state index is 0.185. The van der Waals surface area contributed by atoms with Crippen molar-refractivity contribution < 1.29 is 22.8 Å². The van der Waals surface area contributed by atoms with Gasteiger partial charge >= 0.3 is 17.3 Å². The minimum Gasteiger partial charge on any atom is -0.478 e. The second kappa shape index (κ2) is 5.10. The van der Waals surface area contributed by atoms with E-state index in [1.54, 1.807) is 0 Å². The van der Waals surface area contributed by atoms with Crippen molar-refractivity contribution in [2.24, 2.45) is 0 Å². The van der Waals surface area contributed by atoms with Gasteiger partial charge in [0.15, 0.2) is 0 Å². The highest BCUT2D eigenvalue weighted by molar-refractivity contribution is 7.74. The zero-order chi connectivity index (χ0) is 7.98. The minimum atomic E-state index is -2.32. The Morgan fingerprint density at radius 1 is 1.70 bits per heavy atom. The predicted molar refractivity (Wildman–Crippen MR) is 33.5 cm³/mol. The van der Waals surface area contributed by atoms with Crippen molar-refractivity contribution in [2.45, 2.75) is 0 Å². The lowest BCUT2D eigenvalue weighted by Crippen LogP contribution is -1.95. The fraction of sp³-hybridized carbons (Fsp3) is 0.250. The molecule has 2 N–H and O–H groups in total. The maximum Gasteiger partial charge on any atom is 0.328 e. The lowest BCUT2D eigenvalue weighted by molar-refractivity contribution is -0.131. The molecule has 0 spiro atoms. The number of rotatable bonds is 4. The Kier molecular flexibility index (Phi) is 4.73. The van der Waals surface area contributed by atoms with E-state index in [2.05, 4.69) is 4.18 Å². The van der Waals surface area contributed by atoms with Crippen molar-refractivity contribution >= 4 is 17.3 Å². The molecule has 0 bridgehead atoms. The summed E-state index contributed by atoms with van der Waals surface area (Å²) in [5.41, 5.74) is 0. The predicted octanol–water partition coefficient (Wildman–Crippen LogP) is -0.219. The standard InChI is InChI=1S/C4H6O5S/c5-4(6)2-1-3-9-10(7)8/h1-2H,3H2,(H,5,6)(H,7,8). The van der Waals surface area contributed by atoms with E-state index in [1.807, 2.05) is 0 Å². The third-order valence-corrected chi connectivity index (χ3v) is 0.863. The molecular formula is C4H6O5S. The Balaban J connectivity index is 3.36. The van der Waals surface area contributed by atoms with Crippen LogP contribution < -0.4 is 0 Å². The molecule has 0 amide bonds. The maximum atomic E-state index is 9.76. The summed E-state index contributed by atoms with van der Waals surface area (Å²) >= 11 is -2.32. The van der Waals surface area contributed by atoms with Crippen LogP contribution in [0.2, 0.25) is 0 Å². The van der Waals surface area contributed by atoms with Gasteiger partial charge in [-0.15, -0.1) is 0 Å². The van der Waals surface area contributed by atoms with Crippen LogP contribution >= 0.6 is 0 Å². The first kappa shape index (κ1) is 9.28. The average Bonchev–Trinajstić information content (AvgIpc) is 1.79. The highest BCUT2D eigenvalue weighted by atomic mass is 32.2. The molecule has 0 aliphatic rings. The van der Waals surface area contributed by atoms with Crippen molar-refractivity contribution in [2.75, 3.05) is 6.61 Å². The van der Waals surface area contributed by atoms with E-state index in [-0.39, 0.29) is 6.61 Å². The Morgan fingerprint density at radius 3 is 2.70 bits per heavy atom. The molecular weight excluding hydrogens is 160 g/mol. The molecule has 58 valence electrons. The third-order valence-electron chi connectivity index (χ3n) is 0.526. The quantitative estimate of drug-likeness (QED) is 0.445. The fourth-order valence-corrected chi connectivity index (χ4v) is 0.441. The summed E-state index contributed by atoms with van der Waals surface area (Å²) in [6, 6.07) is 0. The van der Waals surface area contributed by atoms with Crippen LogP contribution in [0.5, 0.6) is 0 Å². The summed E-state index contributed by atoms with van der Waals surface area (Å²) in [5, 5.41) is 8.00. The Morgan fingerprint density at radius 2 is 2.30 bits per heavy atom. The number of carbonyl (C=O) groups is 1. The molecule has 0 aromatic heterocycles. The largest absolute Gasteiger partial charge is 0.478 e. The van der Waals surface area contributed by atoms with Gasteiger partial charge in [-0.2, -0.15) is 4.21 Å². The molecule has 0 fully saturated rings. The summed E-state index contributed by atoms with van der Waals surface area (Å²) in [4.78, 5) is 9.76. The Bertz CT molecular complexity index is 163. The first-order valence-corrected chi connectivity index (χ1v) is 3.29. The lowest BCUT2D eigenvalue weighted by atomic mass is 10.5. The topological polar surface area (TPSA) is 83.8 Å². The number of carboxylic acids is 1. The van der Waals surface area contributed by atoms with Gasteiger partial charge in [0.2, 0.25) is 0 Å². The number of hydrogen-bond donors (Lipinski definition) is 2. The Hall–Kier alpha value is -0.720. The van der Waals surface area contributed by atoms with Crippen LogP contribution in [0.3, 0.4) is 0 Å². The molecule has 0 heterocycles. The van der Waals surface area contributed by atoms with Crippen LogP contribution in [0, 0.1) is 0 Å². The van der Waals surface area contributed by atoms with Crippen molar-refractivity contribution in [1.29, 1.82) is 0 Å². The maximum absolute atomic E-state index is 9.76. The average molecular weight is 166 g/mol. The van der Waals surface area contributed by atoms with E-state index >= 15 is 0 Å². The summed E-state index contributed by atoms with van der Waals surface area (Å²) in [5.74, 6) is -1.12. The zero-order valence-corrected chi connectivity index (χ0v) is 5.71. The molecule has 5 nitrogen and oxygen atoms in total. The number of hydrogen-bond acceptors (Lipinski definition) is 3. The molecule has 0 aromatic rings. The van der Waals surface area contributed by atoms with Gasteiger partial charge in [0.25, 0.3) is 0 Å². The van der Waals surface area contributed by atoms with Crippen molar-refractivity contribution in [3.63, 3.8) is 0 Å². The molecule has 0 aliphatic carbocycles. The van der Waals surface area contributed by atoms with E-state index in [0.717, 1.165) is 12.2 Å². The van der Waals surface area contributed by atoms with Gasteiger partial charge in [0.05, 0.1) is 6.61 Å². The van der Waals surface area contributed by atoms with Gasteiger partial charge in [-0.25, -0.2) is 4.79 Å². The van der Waals surface area contributed by atoms with Gasteiger partial charge in [-0.3, -0.25) is 8.74 Å². The van der Waals surface area contributed by atoms with Crippen LogP contribution in [-0.4, -0.2) is 26.4 Å². The second-order valence-electron chi connectivity index (χ2n) is 1.24. The second-order valence-corrected chi connectivity index (χ2v) is 1.91. The number of aliphatic carboxylic acids is 1. The molecule has 0 saturated carbocycles. The van der Waals surface area contributed by atoms with E-state index < -0.39 is 17.3 Å². The van der Waals surface area contributed by atoms with Crippen LogP contribution in [0.4, 0.5) is 0 Å². The normalized spacial score (nSPS) is 13.7. The molecule has 6 heteroatoms. The summed E-state index contributed by atoms with van der Waals surface area (Å²) < 4.78 is 21.8. The molecule has 1 unspecified atom stereocenters. The monoisotopic (exact) mass is 166 g/mol. The summed E-state index contributed by atoms with van der Waals surface area (Å²) in [6.07, 6.45) is 1.95. The van der Waals surface area contributed by atoms with Crippen LogP contribution in [0.1, 0.15) is 0 Å². The van der Waals surface area contributed by atoms with E-state index in [9.17, 15) is 9.00 Å². The first-order chi connectivity index (χ1) is 4.63. The van der Waals surface area contributed by atoms with Crippen molar-refractivity contribution in [3.05, 3.63) is 12.2 Å². The fourth-order valence-electron chi connectivity index (χ4n) is 0.246. The van der Waals surface area contributed by atoms with Crippen molar-refractivity contribution in [3.8, 4) is 0 Å². The molecule has 1 atom stereocenters. The van der Waals surface area contributed by atoms with Crippen LogP contribution in [-0.2, 0) is 20.3 Å². The van der Waals surface area contributed by atoms with Crippen LogP contribution in [0.15, 0.2) is 12.2 Å². The zero-order valence-electron chi connectivity index (χ0n) is 4.89. The van der Waals surface area contributed by atoms with Gasteiger partial charge in [0.1, 0.15) is 0 Å². The summed E-state index contributed by atoms with van der Waals surface area (Å²) in [7, 11) is 0. The summed E-state index contributed by atoms with van der Waals surface area (Å²) in [6.45, 7) is -0.185. The molecule has 0 radical (unpaired) electrons. The van der Waals surface area contributed by atoms with Gasteiger partial charge in [-0.05, 0) is 0 Å². The molecule has 0 rings (SSSR count). The number of carboxylic acid groups (broad SMARTS) is 1. The molecule has 0 aromatic carbocycles. The van der Waals surface area contributed by atoms with Gasteiger partial charge < -0.3 is 5.11 Å². The molecule has 0 aliphatic heterocycles. The van der Waals surface area contributed by atoms with Gasteiger partial charge in [-0.1, -0.05) is 6.08 Å². The highest BCUT2D eigenvalue weighted by Crippen LogP contribution is 1.80. The van der Waals surface area contributed by atoms with Gasteiger partial charge in [0, 0.05) is 6.08 Å². The lowest BCUT2D eigenvalue weighted by Gasteiger charge is -1.88. The Labute approximate surface area is 59.8 Å². The first-order valence-electron chi connectivity index (χ1n) is 2.26. The van der Waals surface area contributed by atoms with Crippen molar-refractivity contribution in [1.82, 2.24) is 0 Å². The SMILES string of the molecule is O=C(O)C=CCOS(=O)O. The highest BCUT2D eigenvalue weighted by Gasteiger charge is 1.89. The molecule has 10 heavy (non-hydrogen) atoms.